The van der Waals surface area contributed by atoms with E-state index < -0.39 is 12.1 Å². The molecule has 0 radical (unpaired) electrons. The third kappa shape index (κ3) is 5.50. The first-order valence-electron chi connectivity index (χ1n) is 12.4. The fourth-order valence-electron chi connectivity index (χ4n) is 5.24. The Morgan fingerprint density at radius 3 is 2.34 bits per heavy atom. The first-order valence-corrected chi connectivity index (χ1v) is 12.8. The molecule has 4 rings (SSSR count). The highest BCUT2D eigenvalue weighted by Gasteiger charge is 2.42. The van der Waals surface area contributed by atoms with Crippen LogP contribution in [0.3, 0.4) is 0 Å². The molecule has 2 saturated heterocycles. The summed E-state index contributed by atoms with van der Waals surface area (Å²) in [5.41, 5.74) is 1.37. The van der Waals surface area contributed by atoms with Crippen molar-refractivity contribution >= 4 is 35.1 Å². The number of hydrogen-bond donors (Lipinski definition) is 2. The lowest BCUT2D eigenvalue weighted by molar-refractivity contribution is -0.137. The summed E-state index contributed by atoms with van der Waals surface area (Å²) in [5, 5.41) is 6.31. The predicted molar refractivity (Wildman–Crippen MR) is 135 cm³/mol. The van der Waals surface area contributed by atoms with Crippen LogP contribution in [0, 0.1) is 5.92 Å². The van der Waals surface area contributed by atoms with Crippen molar-refractivity contribution in [3.8, 4) is 0 Å². The highest BCUT2D eigenvalue weighted by atomic mass is 35.5. The van der Waals surface area contributed by atoms with Crippen LogP contribution in [0.25, 0.3) is 0 Å². The second-order valence-electron chi connectivity index (χ2n) is 9.59. The molecule has 2 fully saturated rings. The van der Waals surface area contributed by atoms with Gasteiger partial charge in [0.05, 0.1) is 13.3 Å². The first kappa shape index (κ1) is 25.2. The number of urea groups is 1. The van der Waals surface area contributed by atoms with Gasteiger partial charge in [-0.25, -0.2) is 4.79 Å². The third-order valence-corrected chi connectivity index (χ3v) is 7.52. The van der Waals surface area contributed by atoms with E-state index in [9.17, 15) is 14.4 Å². The lowest BCUT2D eigenvalue weighted by Gasteiger charge is -2.39. The summed E-state index contributed by atoms with van der Waals surface area (Å²) in [7, 11) is 1.97. The van der Waals surface area contributed by atoms with Crippen molar-refractivity contribution in [3.63, 3.8) is 0 Å². The van der Waals surface area contributed by atoms with Gasteiger partial charge in [0.1, 0.15) is 11.7 Å². The molecule has 10 heteroatoms. The van der Waals surface area contributed by atoms with Crippen molar-refractivity contribution in [3.05, 3.63) is 41.2 Å². The van der Waals surface area contributed by atoms with E-state index >= 15 is 0 Å². The normalized spacial score (nSPS) is 19.2. The van der Waals surface area contributed by atoms with E-state index in [2.05, 4.69) is 15.5 Å². The third-order valence-electron chi connectivity index (χ3n) is 7.27. The van der Waals surface area contributed by atoms with E-state index in [1.54, 1.807) is 24.3 Å². The number of fused-ring (bicyclic) bond motifs is 1. The van der Waals surface area contributed by atoms with Crippen LogP contribution in [0.1, 0.15) is 39.5 Å². The van der Waals surface area contributed by atoms with Gasteiger partial charge in [0.25, 0.3) is 5.91 Å². The zero-order valence-corrected chi connectivity index (χ0v) is 21.4. The molecule has 3 aliphatic rings. The van der Waals surface area contributed by atoms with Gasteiger partial charge in [-0.2, -0.15) is 0 Å². The number of rotatable bonds is 7. The molecule has 4 amide bonds. The number of piperidine rings is 1. The van der Waals surface area contributed by atoms with Gasteiger partial charge in [-0.05, 0) is 43.0 Å². The topological polar surface area (TPSA) is 88.2 Å². The maximum absolute atomic E-state index is 13.5. The van der Waals surface area contributed by atoms with E-state index in [1.807, 2.05) is 41.8 Å². The molecule has 3 aliphatic heterocycles. The molecule has 0 aromatic heterocycles. The van der Waals surface area contributed by atoms with Crippen LogP contribution < -0.4 is 10.6 Å². The molecule has 0 bridgehead atoms. The molecule has 3 heterocycles. The maximum Gasteiger partial charge on any atom is 0.319 e. The second kappa shape index (κ2) is 10.8. The molecule has 1 atom stereocenters. The quantitative estimate of drug-likeness (QED) is 0.598. The molecule has 1 unspecified atom stereocenters. The number of likely N-dealkylation sites (tertiary alicyclic amines) is 1. The lowest BCUT2D eigenvalue weighted by Crippen LogP contribution is -2.56. The highest BCUT2D eigenvalue weighted by molar-refractivity contribution is 6.30. The molecule has 0 aliphatic carbocycles. The minimum absolute atomic E-state index is 0.0347. The fourth-order valence-corrected chi connectivity index (χ4v) is 5.37. The number of anilines is 1. The summed E-state index contributed by atoms with van der Waals surface area (Å²) in [6.07, 6.45) is 4.95. The SMILES string of the molecule is CCC(CC)C(NC(=O)Nc1ccc(Cl)cc1)C(=O)N1CCC(N2CN3CN(C)C=C3C2=O)CC1. The molecule has 1 aromatic carbocycles. The zero-order valence-electron chi connectivity index (χ0n) is 20.7. The van der Waals surface area contributed by atoms with E-state index in [-0.39, 0.29) is 23.8 Å². The fraction of sp³-hybridized carbons (Fsp3) is 0.560. The number of nitrogens with zero attached hydrogens (tertiary/aromatic N) is 4. The molecule has 9 nitrogen and oxygen atoms in total. The number of carbonyl (C=O) groups is 3. The maximum atomic E-state index is 13.5. The van der Waals surface area contributed by atoms with E-state index in [4.69, 9.17) is 11.6 Å². The van der Waals surface area contributed by atoms with Gasteiger partial charge in [-0.3, -0.25) is 9.59 Å². The van der Waals surface area contributed by atoms with Crippen molar-refractivity contribution in [1.29, 1.82) is 0 Å². The van der Waals surface area contributed by atoms with Crippen LogP contribution in [-0.2, 0) is 9.59 Å². The lowest BCUT2D eigenvalue weighted by atomic mass is 9.92. The standard InChI is InChI=1S/C25H35ClN6O3/c1-4-17(5-2)22(28-25(35)27-19-8-6-18(26)7-9-19)24(34)30-12-10-20(11-13-30)32-16-31-15-29(3)14-21(31)23(32)33/h6-9,14,17,20,22H,4-5,10-13,15-16H2,1-3H3,(H2,27,28,35). The first-order chi connectivity index (χ1) is 16.8. The smallest absolute Gasteiger partial charge is 0.319 e. The summed E-state index contributed by atoms with van der Waals surface area (Å²) in [6, 6.07) is 5.96. The minimum atomic E-state index is -0.603. The Morgan fingerprint density at radius 1 is 1.09 bits per heavy atom. The number of amides is 4. The molecule has 2 N–H and O–H groups in total. The van der Waals surface area contributed by atoms with Crippen molar-refractivity contribution in [2.24, 2.45) is 5.92 Å². The number of halogens is 1. The largest absolute Gasteiger partial charge is 0.361 e. The number of benzene rings is 1. The average molecular weight is 503 g/mol. The molecule has 0 saturated carbocycles. The van der Waals surface area contributed by atoms with Gasteiger partial charge in [-0.15, -0.1) is 0 Å². The van der Waals surface area contributed by atoms with Crippen LogP contribution >= 0.6 is 11.6 Å². The Morgan fingerprint density at radius 2 is 1.74 bits per heavy atom. The number of hydrogen-bond acceptors (Lipinski definition) is 5. The van der Waals surface area contributed by atoms with Gasteiger partial charge < -0.3 is 30.2 Å². The van der Waals surface area contributed by atoms with Crippen LogP contribution in [0.15, 0.2) is 36.2 Å². The Bertz CT molecular complexity index is 972. The molecular weight excluding hydrogens is 468 g/mol. The summed E-state index contributed by atoms with van der Waals surface area (Å²) < 4.78 is 0. The van der Waals surface area contributed by atoms with Crippen LogP contribution in [0.4, 0.5) is 10.5 Å². The van der Waals surface area contributed by atoms with E-state index in [0.717, 1.165) is 38.0 Å². The van der Waals surface area contributed by atoms with Crippen LogP contribution in [-0.4, -0.2) is 83.0 Å². The Hall–Kier alpha value is -2.94. The molecule has 190 valence electrons. The van der Waals surface area contributed by atoms with Crippen molar-refractivity contribution in [2.45, 2.75) is 51.6 Å². The van der Waals surface area contributed by atoms with Crippen molar-refractivity contribution in [2.75, 3.05) is 38.8 Å². The zero-order chi connectivity index (χ0) is 25.1. The molecule has 35 heavy (non-hydrogen) atoms. The Kier molecular flexibility index (Phi) is 7.74. The average Bonchev–Trinajstić information content (AvgIpc) is 3.37. The monoisotopic (exact) mass is 502 g/mol. The highest BCUT2D eigenvalue weighted by Crippen LogP contribution is 2.29. The van der Waals surface area contributed by atoms with Gasteiger partial charge in [-0.1, -0.05) is 38.3 Å². The van der Waals surface area contributed by atoms with Crippen LogP contribution in [0.2, 0.25) is 5.02 Å². The molecule has 0 spiro atoms. The molecule has 1 aromatic rings. The molecular formula is C25H35ClN6O3. The summed E-state index contributed by atoms with van der Waals surface area (Å²) >= 11 is 5.92. The summed E-state index contributed by atoms with van der Waals surface area (Å²) in [6.45, 7) is 6.56. The predicted octanol–water partition coefficient (Wildman–Crippen LogP) is 3.10. The summed E-state index contributed by atoms with van der Waals surface area (Å²) in [4.78, 5) is 47.0. The van der Waals surface area contributed by atoms with E-state index in [0.29, 0.717) is 30.5 Å². The van der Waals surface area contributed by atoms with Crippen molar-refractivity contribution < 1.29 is 14.4 Å². The Labute approximate surface area is 212 Å². The van der Waals surface area contributed by atoms with Gasteiger partial charge in [0, 0.05) is 43.1 Å². The second-order valence-corrected chi connectivity index (χ2v) is 10.0. The number of carbonyl (C=O) groups excluding carboxylic acids is 3. The Balaban J connectivity index is 1.36. The van der Waals surface area contributed by atoms with Crippen molar-refractivity contribution in [1.82, 2.24) is 24.9 Å². The summed E-state index contributed by atoms with van der Waals surface area (Å²) in [5.74, 6) is 0.0585. The minimum Gasteiger partial charge on any atom is -0.361 e. The van der Waals surface area contributed by atoms with Crippen LogP contribution in [0.5, 0.6) is 0 Å². The number of nitrogens with one attached hydrogen (secondary N) is 2. The van der Waals surface area contributed by atoms with Gasteiger partial charge in [0.15, 0.2) is 0 Å². The van der Waals surface area contributed by atoms with Gasteiger partial charge in [0.2, 0.25) is 5.91 Å². The van der Waals surface area contributed by atoms with E-state index in [1.165, 1.54) is 0 Å². The van der Waals surface area contributed by atoms with Gasteiger partial charge >= 0.3 is 6.03 Å².